The first-order valence-corrected chi connectivity index (χ1v) is 8.32. The van der Waals surface area contributed by atoms with Gasteiger partial charge in [-0.15, -0.1) is 0 Å². The molecule has 0 spiro atoms. The first-order valence-electron chi connectivity index (χ1n) is 8.32. The fourth-order valence-corrected chi connectivity index (χ4v) is 2.75. The van der Waals surface area contributed by atoms with Crippen LogP contribution in [0.5, 0.6) is 11.5 Å². The number of nitrogens with zero attached hydrogens (tertiary/aromatic N) is 1. The zero-order valence-corrected chi connectivity index (χ0v) is 14.7. The summed E-state index contributed by atoms with van der Waals surface area (Å²) < 4.78 is 5.88. The van der Waals surface area contributed by atoms with Crippen molar-refractivity contribution in [2.45, 2.75) is 19.9 Å². The highest BCUT2D eigenvalue weighted by atomic mass is 16.5. The largest absolute Gasteiger partial charge is 0.508 e. The molecule has 1 heterocycles. The van der Waals surface area contributed by atoms with Crippen LogP contribution in [0, 0.1) is 6.92 Å². The summed E-state index contributed by atoms with van der Waals surface area (Å²) >= 11 is 0. The van der Waals surface area contributed by atoms with E-state index in [2.05, 4.69) is 10.3 Å². The number of nitrogens with one attached hydrogen (secondary N) is 1. The highest BCUT2D eigenvalue weighted by molar-refractivity contribution is 5.96. The van der Waals surface area contributed by atoms with Crippen molar-refractivity contribution in [1.29, 1.82) is 0 Å². The Bertz CT molecular complexity index is 956. The second-order valence-corrected chi connectivity index (χ2v) is 6.24. The van der Waals surface area contributed by atoms with Gasteiger partial charge in [-0.3, -0.25) is 9.78 Å². The lowest BCUT2D eigenvalue weighted by Gasteiger charge is -2.17. The zero-order chi connectivity index (χ0) is 18.7. The van der Waals surface area contributed by atoms with Crippen LogP contribution in [-0.2, 0) is 0 Å². The molecule has 0 fully saturated rings. The second-order valence-electron chi connectivity index (χ2n) is 6.24. The third-order valence-electron chi connectivity index (χ3n) is 3.93. The van der Waals surface area contributed by atoms with Gasteiger partial charge in [0.1, 0.15) is 18.1 Å². The predicted molar refractivity (Wildman–Crippen MR) is 101 cm³/mol. The molecule has 26 heavy (non-hydrogen) atoms. The number of fused-ring (bicyclic) bond motifs is 1. The van der Waals surface area contributed by atoms with E-state index in [1.54, 1.807) is 12.1 Å². The van der Waals surface area contributed by atoms with E-state index in [1.165, 1.54) is 12.1 Å². The van der Waals surface area contributed by atoms with Crippen molar-refractivity contribution in [2.75, 3.05) is 12.3 Å². The molecule has 0 aliphatic heterocycles. The number of phenols is 1. The van der Waals surface area contributed by atoms with Crippen LogP contribution in [0.25, 0.3) is 10.9 Å². The third kappa shape index (κ3) is 3.85. The van der Waals surface area contributed by atoms with Crippen LogP contribution in [-0.4, -0.2) is 28.6 Å². The molecule has 3 rings (SSSR count). The van der Waals surface area contributed by atoms with Gasteiger partial charge in [0.2, 0.25) is 0 Å². The van der Waals surface area contributed by atoms with E-state index in [9.17, 15) is 9.90 Å². The van der Waals surface area contributed by atoms with Crippen molar-refractivity contribution in [3.05, 3.63) is 59.8 Å². The molecule has 0 saturated carbocycles. The number of carbonyl (C=O) groups excluding carboxylic acids is 1. The molecular formula is C20H21N3O3. The number of rotatable bonds is 5. The number of amides is 1. The normalized spacial score (nSPS) is 11.9. The van der Waals surface area contributed by atoms with Gasteiger partial charge in [0.15, 0.2) is 0 Å². The summed E-state index contributed by atoms with van der Waals surface area (Å²) in [4.78, 5) is 16.7. The number of hydrogen-bond donors (Lipinski definition) is 3. The van der Waals surface area contributed by atoms with E-state index in [4.69, 9.17) is 10.5 Å². The number of nitrogen functional groups attached to an aromatic ring is 1. The van der Waals surface area contributed by atoms with E-state index >= 15 is 0 Å². The average molecular weight is 351 g/mol. The predicted octanol–water partition coefficient (Wildman–Crippen LogP) is 3.03. The summed E-state index contributed by atoms with van der Waals surface area (Å²) in [6.07, 6.45) is 0. The Balaban J connectivity index is 1.69. The number of ether oxygens (including phenoxy) is 1. The molecule has 6 nitrogen and oxygen atoms in total. The Hall–Kier alpha value is -3.28. The lowest BCUT2D eigenvalue weighted by atomic mass is 10.1. The summed E-state index contributed by atoms with van der Waals surface area (Å²) in [5.74, 6) is 0.410. The van der Waals surface area contributed by atoms with E-state index < -0.39 is 0 Å². The molecule has 1 atom stereocenters. The average Bonchev–Trinajstić information content (AvgIpc) is 2.59. The van der Waals surface area contributed by atoms with E-state index in [1.807, 2.05) is 38.1 Å². The van der Waals surface area contributed by atoms with Crippen molar-refractivity contribution in [1.82, 2.24) is 10.3 Å². The number of pyridine rings is 1. The first kappa shape index (κ1) is 17.5. The van der Waals surface area contributed by atoms with E-state index in [-0.39, 0.29) is 24.3 Å². The zero-order valence-electron chi connectivity index (χ0n) is 14.7. The molecule has 1 aromatic heterocycles. The minimum Gasteiger partial charge on any atom is -0.508 e. The van der Waals surface area contributed by atoms with Crippen molar-refractivity contribution < 1.29 is 14.6 Å². The van der Waals surface area contributed by atoms with Crippen LogP contribution in [0.3, 0.4) is 0 Å². The van der Waals surface area contributed by atoms with Crippen LogP contribution >= 0.6 is 0 Å². The summed E-state index contributed by atoms with van der Waals surface area (Å²) in [7, 11) is 0. The number of aryl methyl sites for hydroxylation is 1. The Labute approximate surface area is 151 Å². The minimum absolute atomic E-state index is 0.0515. The topological polar surface area (TPSA) is 97.5 Å². The van der Waals surface area contributed by atoms with Gasteiger partial charge in [-0.25, -0.2) is 0 Å². The van der Waals surface area contributed by atoms with Crippen LogP contribution in [0.1, 0.15) is 23.0 Å². The SMILES string of the molecule is Cc1cc(N)c2c(OC[C@H](C)NC(=O)c3cccc(O)c3)cccc2n1. The summed E-state index contributed by atoms with van der Waals surface area (Å²) in [6, 6.07) is 13.4. The number of nitrogens with two attached hydrogens (primary N) is 1. The van der Waals surface area contributed by atoms with Crippen LogP contribution in [0.2, 0.25) is 0 Å². The fraction of sp³-hybridized carbons (Fsp3) is 0.200. The maximum atomic E-state index is 12.2. The van der Waals surface area contributed by atoms with Crippen molar-refractivity contribution in [3.63, 3.8) is 0 Å². The highest BCUT2D eigenvalue weighted by Gasteiger charge is 2.13. The number of benzene rings is 2. The molecule has 4 N–H and O–H groups in total. The number of hydrogen-bond acceptors (Lipinski definition) is 5. The Kier molecular flexibility index (Phi) is 4.93. The number of phenolic OH excluding ortho intramolecular Hbond substituents is 1. The summed E-state index contributed by atoms with van der Waals surface area (Å²) in [6.45, 7) is 4.01. The number of aromatic hydroxyl groups is 1. The molecule has 0 bridgehead atoms. The summed E-state index contributed by atoms with van der Waals surface area (Å²) in [5, 5.41) is 13.1. The van der Waals surface area contributed by atoms with Gasteiger partial charge in [0.25, 0.3) is 5.91 Å². The standard InChI is InChI=1S/C20H21N3O3/c1-12-9-16(21)19-17(22-12)7-4-8-18(19)26-11-13(2)23-20(25)14-5-3-6-15(24)10-14/h3-10,13,24H,11H2,1-2H3,(H2,21,22)(H,23,25)/t13-/m0/s1. The van der Waals surface area contributed by atoms with Gasteiger partial charge in [-0.1, -0.05) is 12.1 Å². The van der Waals surface area contributed by atoms with Gasteiger partial charge >= 0.3 is 0 Å². The molecular weight excluding hydrogens is 330 g/mol. The monoisotopic (exact) mass is 351 g/mol. The lowest BCUT2D eigenvalue weighted by Crippen LogP contribution is -2.36. The van der Waals surface area contributed by atoms with Gasteiger partial charge in [0, 0.05) is 16.9 Å². The molecule has 0 aliphatic carbocycles. The van der Waals surface area contributed by atoms with E-state index in [0.717, 1.165) is 16.6 Å². The third-order valence-corrected chi connectivity index (χ3v) is 3.93. The van der Waals surface area contributed by atoms with Crippen molar-refractivity contribution >= 4 is 22.5 Å². The summed E-state index contributed by atoms with van der Waals surface area (Å²) in [5.41, 5.74) is 8.75. The van der Waals surface area contributed by atoms with Gasteiger partial charge in [0.05, 0.1) is 16.9 Å². The minimum atomic E-state index is -0.272. The van der Waals surface area contributed by atoms with Gasteiger partial charge in [-0.2, -0.15) is 0 Å². The Morgan fingerprint density at radius 3 is 2.81 bits per heavy atom. The van der Waals surface area contributed by atoms with Crippen LogP contribution in [0.15, 0.2) is 48.5 Å². The Morgan fingerprint density at radius 2 is 2.04 bits per heavy atom. The molecule has 2 aromatic carbocycles. The highest BCUT2D eigenvalue weighted by Crippen LogP contribution is 2.30. The number of aromatic nitrogens is 1. The quantitative estimate of drug-likeness (QED) is 0.656. The van der Waals surface area contributed by atoms with E-state index in [0.29, 0.717) is 17.0 Å². The maximum Gasteiger partial charge on any atom is 0.251 e. The van der Waals surface area contributed by atoms with Crippen LogP contribution < -0.4 is 15.8 Å². The number of carbonyl (C=O) groups is 1. The Morgan fingerprint density at radius 1 is 1.27 bits per heavy atom. The lowest BCUT2D eigenvalue weighted by molar-refractivity contribution is 0.0926. The van der Waals surface area contributed by atoms with Gasteiger partial charge in [-0.05, 0) is 50.2 Å². The molecule has 0 aliphatic rings. The molecule has 0 unspecified atom stereocenters. The maximum absolute atomic E-state index is 12.2. The second kappa shape index (κ2) is 7.31. The molecule has 0 radical (unpaired) electrons. The molecule has 134 valence electrons. The van der Waals surface area contributed by atoms with Crippen molar-refractivity contribution in [2.24, 2.45) is 0 Å². The smallest absolute Gasteiger partial charge is 0.251 e. The molecule has 1 amide bonds. The molecule has 6 heteroatoms. The van der Waals surface area contributed by atoms with Crippen molar-refractivity contribution in [3.8, 4) is 11.5 Å². The van der Waals surface area contributed by atoms with Gasteiger partial charge < -0.3 is 20.9 Å². The molecule has 0 saturated heterocycles. The fourth-order valence-electron chi connectivity index (χ4n) is 2.75. The molecule has 3 aromatic rings. The van der Waals surface area contributed by atoms with Crippen LogP contribution in [0.4, 0.5) is 5.69 Å². The first-order chi connectivity index (χ1) is 12.4. The number of anilines is 1.